The summed E-state index contributed by atoms with van der Waals surface area (Å²) in [6.45, 7) is 6.95. The number of benzene rings is 1. The van der Waals surface area contributed by atoms with Crippen LogP contribution >= 0.6 is 11.3 Å². The molecule has 3 aromatic heterocycles. The van der Waals surface area contributed by atoms with Gasteiger partial charge in [0.2, 0.25) is 0 Å². The molecule has 4 aromatic rings. The molecule has 1 aliphatic rings. The van der Waals surface area contributed by atoms with E-state index in [1.165, 1.54) is 17.8 Å². The molecule has 1 aromatic carbocycles. The van der Waals surface area contributed by atoms with Gasteiger partial charge in [-0.3, -0.25) is 4.79 Å². The fraction of sp³-hybridized carbons (Fsp3) is 0.385. The van der Waals surface area contributed by atoms with Crippen molar-refractivity contribution in [2.75, 3.05) is 0 Å². The fourth-order valence-electron chi connectivity index (χ4n) is 4.96. The lowest BCUT2D eigenvalue weighted by atomic mass is 9.77. The average molecular weight is 450 g/mol. The Hall–Kier alpha value is -2.86. The zero-order chi connectivity index (χ0) is 22.4. The van der Waals surface area contributed by atoms with Crippen LogP contribution in [0.5, 0.6) is 0 Å². The Morgan fingerprint density at radius 1 is 1.16 bits per heavy atom. The van der Waals surface area contributed by atoms with E-state index >= 15 is 0 Å². The summed E-state index contributed by atoms with van der Waals surface area (Å²) in [7, 11) is 0. The molecule has 1 fully saturated rings. The van der Waals surface area contributed by atoms with Gasteiger partial charge in [0.05, 0.1) is 27.8 Å². The van der Waals surface area contributed by atoms with Crippen LogP contribution in [0.15, 0.2) is 56.3 Å². The molecule has 1 saturated carbocycles. The molecular formula is C26H27NO4S. The van der Waals surface area contributed by atoms with Crippen LogP contribution in [0, 0.1) is 18.8 Å². The highest BCUT2D eigenvalue weighted by Gasteiger charge is 2.35. The van der Waals surface area contributed by atoms with Gasteiger partial charge in [-0.25, -0.2) is 4.79 Å². The molecular weight excluding hydrogens is 422 g/mol. The van der Waals surface area contributed by atoms with E-state index in [0.29, 0.717) is 34.2 Å². The van der Waals surface area contributed by atoms with Crippen molar-refractivity contribution >= 4 is 38.3 Å². The number of carbonyl (C=O) groups excluding carboxylic acids is 1. The highest BCUT2D eigenvalue weighted by Crippen LogP contribution is 2.37. The molecule has 3 atom stereocenters. The molecule has 1 amide bonds. The average Bonchev–Trinajstić information content (AvgIpc) is 3.45. The van der Waals surface area contributed by atoms with Crippen molar-refractivity contribution in [3.63, 3.8) is 0 Å². The summed E-state index contributed by atoms with van der Waals surface area (Å²) < 4.78 is 11.9. The van der Waals surface area contributed by atoms with Gasteiger partial charge in [-0.1, -0.05) is 38.3 Å². The number of aryl methyl sites for hydroxylation is 1. The maximum Gasteiger partial charge on any atom is 0.345 e. The molecule has 0 bridgehead atoms. The van der Waals surface area contributed by atoms with Crippen molar-refractivity contribution in [3.8, 4) is 0 Å². The van der Waals surface area contributed by atoms with Crippen molar-refractivity contribution in [1.29, 1.82) is 0 Å². The van der Waals surface area contributed by atoms with Gasteiger partial charge in [-0.05, 0) is 55.5 Å². The van der Waals surface area contributed by atoms with Crippen molar-refractivity contribution in [1.82, 2.24) is 4.90 Å². The summed E-state index contributed by atoms with van der Waals surface area (Å²) in [6.07, 6.45) is 4.92. The smallest absolute Gasteiger partial charge is 0.345 e. The van der Waals surface area contributed by atoms with E-state index in [4.69, 9.17) is 8.83 Å². The number of rotatable bonds is 4. The molecule has 0 saturated heterocycles. The second kappa shape index (κ2) is 8.24. The van der Waals surface area contributed by atoms with E-state index in [2.05, 4.69) is 13.8 Å². The third-order valence-electron chi connectivity index (χ3n) is 6.98. The first kappa shape index (κ1) is 21.0. The summed E-state index contributed by atoms with van der Waals surface area (Å²) in [5, 5.41) is 1.35. The van der Waals surface area contributed by atoms with E-state index in [-0.39, 0.29) is 11.9 Å². The zero-order valence-corrected chi connectivity index (χ0v) is 19.4. The molecule has 5 rings (SSSR count). The Morgan fingerprint density at radius 3 is 2.78 bits per heavy atom. The van der Waals surface area contributed by atoms with Gasteiger partial charge in [0.15, 0.2) is 0 Å². The lowest BCUT2D eigenvalue weighted by Crippen LogP contribution is -2.46. The molecule has 32 heavy (non-hydrogen) atoms. The van der Waals surface area contributed by atoms with Crippen LogP contribution < -0.4 is 5.63 Å². The number of amides is 1. The van der Waals surface area contributed by atoms with Gasteiger partial charge in [0.1, 0.15) is 11.3 Å². The minimum atomic E-state index is -0.399. The van der Waals surface area contributed by atoms with Crippen LogP contribution in [0.3, 0.4) is 0 Å². The highest BCUT2D eigenvalue weighted by atomic mass is 32.1. The maximum atomic E-state index is 13.9. The van der Waals surface area contributed by atoms with Gasteiger partial charge in [0.25, 0.3) is 5.91 Å². The number of furan rings is 1. The van der Waals surface area contributed by atoms with Crippen LogP contribution in [0.25, 0.3) is 21.1 Å². The topological polar surface area (TPSA) is 63.7 Å². The number of nitrogens with zero attached hydrogens (tertiary/aromatic N) is 1. The van der Waals surface area contributed by atoms with Gasteiger partial charge < -0.3 is 13.7 Å². The summed E-state index contributed by atoms with van der Waals surface area (Å²) in [4.78, 5) is 29.0. The van der Waals surface area contributed by atoms with Gasteiger partial charge >= 0.3 is 5.63 Å². The van der Waals surface area contributed by atoms with E-state index in [0.717, 1.165) is 34.3 Å². The van der Waals surface area contributed by atoms with Crippen LogP contribution in [-0.2, 0) is 6.54 Å². The summed E-state index contributed by atoms with van der Waals surface area (Å²) in [6, 6.07) is 11.4. The standard InChI is InChI=1S/C26H27NO4S/c1-15-9-10-22-19(12-15)24-20(26(29)31-22)13-23(32-24)25(28)27(14-18-7-5-11-30-18)21-8-4-6-16(2)17(21)3/h5,7,9-13,16-17,21H,4,6,8,14H2,1-3H3/t16-,17+,21+/m0/s1. The maximum absolute atomic E-state index is 13.9. The molecule has 0 spiro atoms. The second-order valence-corrected chi connectivity index (χ2v) is 10.1. The molecule has 0 aliphatic heterocycles. The number of thiophene rings is 1. The Morgan fingerprint density at radius 2 is 2.00 bits per heavy atom. The Labute approximate surface area is 190 Å². The second-order valence-electron chi connectivity index (χ2n) is 9.09. The molecule has 5 nitrogen and oxygen atoms in total. The molecule has 6 heteroatoms. The Kier molecular flexibility index (Phi) is 5.41. The van der Waals surface area contributed by atoms with Crippen molar-refractivity contribution in [3.05, 3.63) is 69.3 Å². The van der Waals surface area contributed by atoms with E-state index in [1.54, 1.807) is 12.3 Å². The first-order valence-corrected chi connectivity index (χ1v) is 12.0. The molecule has 0 unspecified atom stereocenters. The molecule has 0 radical (unpaired) electrons. The largest absolute Gasteiger partial charge is 0.467 e. The van der Waals surface area contributed by atoms with Crippen LogP contribution in [0.1, 0.15) is 54.1 Å². The third-order valence-corrected chi connectivity index (χ3v) is 8.13. The Bertz CT molecular complexity index is 1330. The molecule has 1 aliphatic carbocycles. The first-order valence-electron chi connectivity index (χ1n) is 11.2. The first-order chi connectivity index (χ1) is 15.4. The predicted molar refractivity (Wildman–Crippen MR) is 127 cm³/mol. The predicted octanol–water partition coefficient (Wildman–Crippen LogP) is 6.38. The van der Waals surface area contributed by atoms with Crippen molar-refractivity contribution in [2.45, 2.75) is 52.6 Å². The van der Waals surface area contributed by atoms with Crippen LogP contribution in [0.2, 0.25) is 0 Å². The number of fused-ring (bicyclic) bond motifs is 3. The molecule has 3 heterocycles. The molecule has 166 valence electrons. The summed E-state index contributed by atoms with van der Waals surface area (Å²) in [5.41, 5.74) is 1.23. The fourth-order valence-corrected chi connectivity index (χ4v) is 6.08. The van der Waals surface area contributed by atoms with Gasteiger partial charge in [-0.15, -0.1) is 11.3 Å². The minimum Gasteiger partial charge on any atom is -0.467 e. The lowest BCUT2D eigenvalue weighted by molar-refractivity contribution is 0.0432. The minimum absolute atomic E-state index is 0.0475. The normalized spacial score (nSPS) is 21.3. The Balaban J connectivity index is 1.60. The number of carbonyl (C=O) groups is 1. The monoisotopic (exact) mass is 449 g/mol. The summed E-state index contributed by atoms with van der Waals surface area (Å²) in [5.74, 6) is 1.67. The highest BCUT2D eigenvalue weighted by molar-refractivity contribution is 7.21. The van der Waals surface area contributed by atoms with Gasteiger partial charge in [-0.2, -0.15) is 0 Å². The third kappa shape index (κ3) is 3.66. The van der Waals surface area contributed by atoms with E-state index < -0.39 is 5.63 Å². The summed E-state index contributed by atoms with van der Waals surface area (Å²) >= 11 is 1.38. The van der Waals surface area contributed by atoms with Crippen LogP contribution in [-0.4, -0.2) is 16.8 Å². The van der Waals surface area contributed by atoms with Crippen molar-refractivity contribution < 1.29 is 13.6 Å². The number of hydrogen-bond donors (Lipinski definition) is 0. The zero-order valence-electron chi connectivity index (χ0n) is 18.6. The quantitative estimate of drug-likeness (QED) is 0.339. The SMILES string of the molecule is Cc1ccc2oc(=O)c3cc(C(=O)N(Cc4ccco4)[C@@H]4CCC[C@H](C)[C@H]4C)sc3c2c1. The van der Waals surface area contributed by atoms with E-state index in [1.807, 2.05) is 42.2 Å². The van der Waals surface area contributed by atoms with Crippen LogP contribution in [0.4, 0.5) is 0 Å². The molecule has 0 N–H and O–H groups in total. The van der Waals surface area contributed by atoms with Gasteiger partial charge in [0, 0.05) is 11.4 Å². The van der Waals surface area contributed by atoms with Crippen molar-refractivity contribution in [2.24, 2.45) is 11.8 Å². The van der Waals surface area contributed by atoms with E-state index in [9.17, 15) is 9.59 Å². The lowest BCUT2D eigenvalue weighted by Gasteiger charge is -2.41. The number of hydrogen-bond acceptors (Lipinski definition) is 5.